The summed E-state index contributed by atoms with van der Waals surface area (Å²) in [5, 5.41) is 0.512. The number of para-hydroxylation sites is 3. The lowest BCUT2D eigenvalue weighted by Crippen LogP contribution is -2.39. The molecule has 0 fully saturated rings. The average molecular weight is 496 g/mol. The van der Waals surface area contributed by atoms with Crippen molar-refractivity contribution in [3.05, 3.63) is 107 Å². The van der Waals surface area contributed by atoms with Crippen molar-refractivity contribution in [2.45, 2.75) is 33.2 Å². The van der Waals surface area contributed by atoms with Crippen molar-refractivity contribution in [2.24, 2.45) is 5.92 Å². The number of carbonyl (C=O) groups is 1. The zero-order valence-corrected chi connectivity index (χ0v) is 21.8. The second kappa shape index (κ2) is 11.7. The van der Waals surface area contributed by atoms with Crippen molar-refractivity contribution in [1.82, 2.24) is 14.5 Å². The van der Waals surface area contributed by atoms with Crippen LogP contribution in [0.5, 0.6) is 5.75 Å². The average Bonchev–Trinajstić information content (AvgIpc) is 2.92. The Balaban J connectivity index is 1.91. The maximum absolute atomic E-state index is 13.9. The topological polar surface area (TPSA) is 64.4 Å². The number of nitrogens with zero attached hydrogens (tertiary/aromatic N) is 3. The molecular weight excluding hydrogens is 462 g/mol. The first kappa shape index (κ1) is 25.9. The zero-order valence-electron chi connectivity index (χ0n) is 21.8. The van der Waals surface area contributed by atoms with Crippen LogP contribution < -0.4 is 10.3 Å². The molecule has 0 aliphatic heterocycles. The third-order valence-corrected chi connectivity index (χ3v) is 6.25. The Morgan fingerprint density at radius 1 is 1.00 bits per heavy atom. The number of aromatic nitrogens is 2. The molecule has 0 N–H and O–H groups in total. The molecule has 0 spiro atoms. The minimum atomic E-state index is -0.433. The molecule has 1 amide bonds. The molecule has 37 heavy (non-hydrogen) atoms. The molecule has 1 aromatic heterocycles. The summed E-state index contributed by atoms with van der Waals surface area (Å²) in [6.07, 6.45) is 4.01. The summed E-state index contributed by atoms with van der Waals surface area (Å²) in [4.78, 5) is 34.4. The minimum Gasteiger partial charge on any atom is -0.495 e. The van der Waals surface area contributed by atoms with Gasteiger partial charge in [0.15, 0.2) is 0 Å². The fourth-order valence-electron chi connectivity index (χ4n) is 4.55. The Morgan fingerprint density at radius 3 is 2.38 bits per heavy atom. The maximum atomic E-state index is 13.9. The van der Waals surface area contributed by atoms with Crippen molar-refractivity contribution in [3.63, 3.8) is 0 Å². The summed E-state index contributed by atoms with van der Waals surface area (Å²) in [7, 11) is 1.58. The molecule has 4 rings (SSSR count). The fourth-order valence-corrected chi connectivity index (χ4v) is 4.55. The molecule has 0 aliphatic carbocycles. The van der Waals surface area contributed by atoms with Gasteiger partial charge in [-0.05, 0) is 48.2 Å². The molecule has 3 aromatic carbocycles. The first-order chi connectivity index (χ1) is 17.9. The summed E-state index contributed by atoms with van der Waals surface area (Å²) in [5.41, 5.74) is 1.95. The summed E-state index contributed by atoms with van der Waals surface area (Å²) in [5.74, 6) is 1.16. The van der Waals surface area contributed by atoms with Gasteiger partial charge in [-0.15, -0.1) is 0 Å². The van der Waals surface area contributed by atoms with E-state index in [1.165, 1.54) is 0 Å². The summed E-state index contributed by atoms with van der Waals surface area (Å²) < 4.78 is 7.22. The minimum absolute atomic E-state index is 0.126. The molecule has 4 aromatic rings. The lowest BCUT2D eigenvalue weighted by Gasteiger charge is -2.33. The normalized spacial score (nSPS) is 12.2. The number of benzene rings is 3. The lowest BCUT2D eigenvalue weighted by atomic mass is 10.1. The summed E-state index contributed by atoms with van der Waals surface area (Å²) >= 11 is 0. The van der Waals surface area contributed by atoms with Gasteiger partial charge in [-0.2, -0.15) is 0 Å². The summed E-state index contributed by atoms with van der Waals surface area (Å²) in [6.45, 7) is 6.69. The van der Waals surface area contributed by atoms with Crippen LogP contribution in [0.15, 0.2) is 89.7 Å². The molecule has 1 unspecified atom stereocenters. The highest BCUT2D eigenvalue weighted by atomic mass is 16.5. The number of carbonyl (C=O) groups excluding carboxylic acids is 1. The van der Waals surface area contributed by atoms with Gasteiger partial charge in [-0.3, -0.25) is 14.2 Å². The molecule has 1 atom stereocenters. The van der Waals surface area contributed by atoms with Gasteiger partial charge in [0.1, 0.15) is 11.6 Å². The van der Waals surface area contributed by atoms with E-state index >= 15 is 0 Å². The van der Waals surface area contributed by atoms with E-state index in [9.17, 15) is 9.59 Å². The van der Waals surface area contributed by atoms with Crippen LogP contribution in [0.4, 0.5) is 0 Å². The Morgan fingerprint density at radius 2 is 1.68 bits per heavy atom. The molecule has 0 aliphatic rings. The largest absolute Gasteiger partial charge is 0.495 e. The number of hydrogen-bond acceptors (Lipinski definition) is 4. The Bertz CT molecular complexity index is 1460. The van der Waals surface area contributed by atoms with Gasteiger partial charge in [-0.25, -0.2) is 4.98 Å². The fraction of sp³-hybridized carbons (Fsp3) is 0.258. The second-order valence-corrected chi connectivity index (χ2v) is 9.35. The molecule has 0 radical (unpaired) electrons. The predicted octanol–water partition coefficient (Wildman–Crippen LogP) is 6.04. The van der Waals surface area contributed by atoms with Crippen molar-refractivity contribution in [3.8, 4) is 11.4 Å². The second-order valence-electron chi connectivity index (χ2n) is 9.35. The Kier molecular flexibility index (Phi) is 8.18. The third-order valence-electron chi connectivity index (χ3n) is 6.25. The van der Waals surface area contributed by atoms with Crippen LogP contribution in [0.1, 0.15) is 44.6 Å². The first-order valence-corrected chi connectivity index (χ1v) is 12.6. The molecule has 1 heterocycles. The monoisotopic (exact) mass is 495 g/mol. The van der Waals surface area contributed by atoms with Crippen LogP contribution in [-0.2, 0) is 4.79 Å². The van der Waals surface area contributed by atoms with Gasteiger partial charge in [0.05, 0.1) is 29.7 Å². The predicted molar refractivity (Wildman–Crippen MR) is 149 cm³/mol. The number of fused-ring (bicyclic) bond motifs is 1. The summed E-state index contributed by atoms with van der Waals surface area (Å²) in [6, 6.07) is 24.0. The molecule has 0 bridgehead atoms. The van der Waals surface area contributed by atoms with Gasteiger partial charge in [-0.1, -0.05) is 75.4 Å². The zero-order chi connectivity index (χ0) is 26.4. The van der Waals surface area contributed by atoms with Gasteiger partial charge < -0.3 is 9.64 Å². The highest BCUT2D eigenvalue weighted by Crippen LogP contribution is 2.30. The molecule has 0 saturated heterocycles. The van der Waals surface area contributed by atoms with Crippen molar-refractivity contribution >= 4 is 22.9 Å². The molecule has 6 nitrogen and oxygen atoms in total. The number of methoxy groups -OCH3 is 1. The van der Waals surface area contributed by atoms with E-state index in [4.69, 9.17) is 9.72 Å². The van der Waals surface area contributed by atoms with Crippen LogP contribution in [0.2, 0.25) is 0 Å². The van der Waals surface area contributed by atoms with Gasteiger partial charge >= 0.3 is 0 Å². The lowest BCUT2D eigenvalue weighted by molar-refractivity contribution is -0.129. The van der Waals surface area contributed by atoms with Crippen LogP contribution in [0.25, 0.3) is 22.7 Å². The van der Waals surface area contributed by atoms with E-state index in [-0.39, 0.29) is 17.4 Å². The third kappa shape index (κ3) is 5.64. The SMILES string of the molecule is CCC(c1nc2ccccc2c(=O)n1-c1ccccc1OC)N(CC(C)C)C(=O)C=Cc1ccccc1. The Hall–Kier alpha value is -4.19. The van der Waals surface area contributed by atoms with E-state index in [2.05, 4.69) is 13.8 Å². The van der Waals surface area contributed by atoms with E-state index < -0.39 is 6.04 Å². The highest BCUT2D eigenvalue weighted by molar-refractivity contribution is 5.92. The number of rotatable bonds is 9. The van der Waals surface area contributed by atoms with Crippen molar-refractivity contribution in [2.75, 3.05) is 13.7 Å². The van der Waals surface area contributed by atoms with E-state index in [0.717, 1.165) is 5.56 Å². The molecular formula is C31H33N3O3. The molecule has 6 heteroatoms. The Labute approximate surface area is 217 Å². The molecule has 0 saturated carbocycles. The number of hydrogen-bond donors (Lipinski definition) is 0. The number of ether oxygens (including phenoxy) is 1. The first-order valence-electron chi connectivity index (χ1n) is 12.6. The quantitative estimate of drug-likeness (QED) is 0.266. The van der Waals surface area contributed by atoms with Gasteiger partial charge in [0.25, 0.3) is 5.56 Å². The van der Waals surface area contributed by atoms with Crippen LogP contribution in [0, 0.1) is 5.92 Å². The highest BCUT2D eigenvalue weighted by Gasteiger charge is 2.29. The van der Waals surface area contributed by atoms with Crippen molar-refractivity contribution in [1.29, 1.82) is 0 Å². The van der Waals surface area contributed by atoms with E-state index in [1.54, 1.807) is 23.8 Å². The van der Waals surface area contributed by atoms with Crippen molar-refractivity contribution < 1.29 is 9.53 Å². The van der Waals surface area contributed by atoms with Crippen LogP contribution in [-0.4, -0.2) is 34.0 Å². The smallest absolute Gasteiger partial charge is 0.266 e. The van der Waals surface area contributed by atoms with E-state index in [0.29, 0.717) is 41.1 Å². The molecule has 190 valence electrons. The van der Waals surface area contributed by atoms with Gasteiger partial charge in [0, 0.05) is 12.6 Å². The number of amides is 1. The van der Waals surface area contributed by atoms with Crippen LogP contribution in [0.3, 0.4) is 0 Å². The van der Waals surface area contributed by atoms with Crippen LogP contribution >= 0.6 is 0 Å². The standard InChI is InChI=1S/C31H33N3O3/c1-5-26(33(21-22(2)3)29(35)20-19-23-13-7-6-8-14-23)30-32-25-16-10-9-15-24(25)31(36)34(30)27-17-11-12-18-28(27)37-4/h6-20,22,26H,5,21H2,1-4H3. The maximum Gasteiger partial charge on any atom is 0.266 e. The van der Waals surface area contributed by atoms with Gasteiger partial charge in [0.2, 0.25) is 5.91 Å². The van der Waals surface area contributed by atoms with E-state index in [1.807, 2.05) is 90.7 Å².